The Bertz CT molecular complexity index is 1580. The molecule has 1 aliphatic rings. The van der Waals surface area contributed by atoms with Gasteiger partial charge in [0.25, 0.3) is 10.1 Å². The summed E-state index contributed by atoms with van der Waals surface area (Å²) in [4.78, 5) is 4.14. The molecule has 0 radical (unpaired) electrons. The first-order valence-electron chi connectivity index (χ1n) is 11.6. The molecule has 0 spiro atoms. The van der Waals surface area contributed by atoms with Gasteiger partial charge in [-0.1, -0.05) is 60.3 Å². The van der Waals surface area contributed by atoms with Crippen LogP contribution in [0.3, 0.4) is 0 Å². The SMILES string of the molecule is O=S(=O)([O-])CCCN1/C(=C/C=C/C=C/c2sc3ccccc3c2CCCS(=O)(=O)O)Sc2ccccc21.[K+]. The van der Waals surface area contributed by atoms with Gasteiger partial charge in [-0.3, -0.25) is 4.55 Å². The second kappa shape index (κ2) is 14.2. The molecule has 1 aliphatic heterocycles. The topological polar surface area (TPSA) is 115 Å². The van der Waals surface area contributed by atoms with E-state index >= 15 is 0 Å². The first-order chi connectivity index (χ1) is 17.6. The molecule has 0 atom stereocenters. The Labute approximate surface area is 274 Å². The summed E-state index contributed by atoms with van der Waals surface area (Å²) in [6.07, 6.45) is 10.8. The average Bonchev–Trinajstić information content (AvgIpc) is 3.35. The van der Waals surface area contributed by atoms with Gasteiger partial charge in [-0.2, -0.15) is 8.42 Å². The first kappa shape index (κ1) is 31.8. The van der Waals surface area contributed by atoms with Crippen molar-refractivity contribution in [3.05, 3.63) is 88.3 Å². The van der Waals surface area contributed by atoms with E-state index in [0.717, 1.165) is 36.1 Å². The smallest absolute Gasteiger partial charge is 0.748 e. The van der Waals surface area contributed by atoms with E-state index in [1.54, 1.807) is 23.1 Å². The third kappa shape index (κ3) is 9.13. The minimum Gasteiger partial charge on any atom is -0.748 e. The van der Waals surface area contributed by atoms with Crippen LogP contribution >= 0.6 is 23.1 Å². The van der Waals surface area contributed by atoms with Crippen LogP contribution in [-0.2, 0) is 26.7 Å². The molecule has 1 aromatic heterocycles. The van der Waals surface area contributed by atoms with Gasteiger partial charge in [0.05, 0.1) is 26.6 Å². The molecule has 3 aromatic rings. The molecule has 0 fully saturated rings. The Hall–Kier alpha value is -0.774. The summed E-state index contributed by atoms with van der Waals surface area (Å²) >= 11 is 3.22. The van der Waals surface area contributed by atoms with Gasteiger partial charge in [-0.25, -0.2) is 8.42 Å². The van der Waals surface area contributed by atoms with Crippen molar-refractivity contribution in [1.29, 1.82) is 0 Å². The van der Waals surface area contributed by atoms with E-state index in [-0.39, 0.29) is 63.6 Å². The van der Waals surface area contributed by atoms with Crippen molar-refractivity contribution in [2.75, 3.05) is 23.0 Å². The zero-order valence-corrected chi connectivity index (χ0v) is 27.2. The molecule has 0 saturated carbocycles. The summed E-state index contributed by atoms with van der Waals surface area (Å²) in [5, 5.41) is 2.03. The Morgan fingerprint density at radius 2 is 1.66 bits per heavy atom. The number of para-hydroxylation sites is 1. The van der Waals surface area contributed by atoms with Gasteiger partial charge in [-0.15, -0.1) is 11.3 Å². The third-order valence-electron chi connectivity index (χ3n) is 5.68. The quantitative estimate of drug-likeness (QED) is 0.199. The standard InChI is InChI=1S/C26H27NO6S4.K/c28-36(29,30)18-8-11-21-20-10-4-6-14-24(20)34-23(21)13-2-1-3-16-26-27(17-9-19-37(31,32)33)22-12-5-7-15-25(22)35-26;/h1-7,10,12-16H,8-9,11,17-19H2,(H,28,29,30)(H,31,32,33);/q;+1/p-1/b3-1+,13-2+,26-16-;. The van der Waals surface area contributed by atoms with E-state index in [4.69, 9.17) is 4.55 Å². The van der Waals surface area contributed by atoms with E-state index < -0.39 is 26.0 Å². The van der Waals surface area contributed by atoms with Gasteiger partial charge in [0.2, 0.25) is 0 Å². The van der Waals surface area contributed by atoms with Crippen molar-refractivity contribution in [3.8, 4) is 0 Å². The van der Waals surface area contributed by atoms with Crippen LogP contribution < -0.4 is 56.3 Å². The molecule has 0 saturated heterocycles. The summed E-state index contributed by atoms with van der Waals surface area (Å²) in [5.74, 6) is -0.672. The number of aryl methyl sites for hydroxylation is 1. The Balaban J connectivity index is 0.00000400. The van der Waals surface area contributed by atoms with Crippen LogP contribution in [0.4, 0.5) is 5.69 Å². The van der Waals surface area contributed by atoms with Gasteiger partial charge in [0.15, 0.2) is 0 Å². The number of hydrogen-bond donors (Lipinski definition) is 1. The van der Waals surface area contributed by atoms with Crippen LogP contribution in [0.2, 0.25) is 0 Å². The maximum Gasteiger partial charge on any atom is 1.00 e. The van der Waals surface area contributed by atoms with Crippen molar-refractivity contribution >= 4 is 65.2 Å². The molecule has 0 bridgehead atoms. The van der Waals surface area contributed by atoms with Crippen LogP contribution in [-0.4, -0.2) is 44.0 Å². The van der Waals surface area contributed by atoms with Crippen LogP contribution in [0.5, 0.6) is 0 Å². The van der Waals surface area contributed by atoms with Gasteiger partial charge in [0, 0.05) is 26.8 Å². The van der Waals surface area contributed by atoms with E-state index in [0.29, 0.717) is 19.4 Å². The predicted molar refractivity (Wildman–Crippen MR) is 152 cm³/mol. The van der Waals surface area contributed by atoms with Crippen molar-refractivity contribution in [1.82, 2.24) is 0 Å². The van der Waals surface area contributed by atoms with Crippen LogP contribution in [0, 0.1) is 0 Å². The second-order valence-electron chi connectivity index (χ2n) is 8.42. The van der Waals surface area contributed by atoms with Crippen LogP contribution in [0.15, 0.2) is 82.8 Å². The number of thioether (sulfide) groups is 1. The molecular weight excluding hydrogens is 590 g/mol. The number of rotatable bonds is 11. The molecule has 12 heteroatoms. The molecule has 7 nitrogen and oxygen atoms in total. The van der Waals surface area contributed by atoms with Crippen molar-refractivity contribution in [2.24, 2.45) is 0 Å². The number of thiophene rings is 1. The molecule has 2 aromatic carbocycles. The van der Waals surface area contributed by atoms with E-state index in [1.807, 2.05) is 83.8 Å². The summed E-state index contributed by atoms with van der Waals surface area (Å²) in [6, 6.07) is 15.8. The number of fused-ring (bicyclic) bond motifs is 2. The van der Waals surface area contributed by atoms with Gasteiger partial charge in [-0.05, 0) is 60.6 Å². The van der Waals surface area contributed by atoms with E-state index in [1.165, 1.54) is 0 Å². The van der Waals surface area contributed by atoms with Gasteiger partial charge < -0.3 is 9.45 Å². The fraction of sp³-hybridized carbons (Fsp3) is 0.231. The van der Waals surface area contributed by atoms with Crippen LogP contribution in [0.1, 0.15) is 23.3 Å². The number of benzene rings is 2. The van der Waals surface area contributed by atoms with Crippen molar-refractivity contribution in [2.45, 2.75) is 24.2 Å². The summed E-state index contributed by atoms with van der Waals surface area (Å²) in [7, 11) is -8.25. The zero-order chi connectivity index (χ0) is 26.5. The maximum atomic E-state index is 11.1. The monoisotopic (exact) mass is 615 g/mol. The largest absolute Gasteiger partial charge is 1.00 e. The third-order valence-corrected chi connectivity index (χ3v) is 9.58. The van der Waals surface area contributed by atoms with Crippen molar-refractivity contribution in [3.63, 3.8) is 0 Å². The van der Waals surface area contributed by atoms with Gasteiger partial charge in [0.1, 0.15) is 0 Å². The van der Waals surface area contributed by atoms with Crippen molar-refractivity contribution < 1.29 is 77.3 Å². The first-order valence-corrected chi connectivity index (χ1v) is 16.4. The van der Waals surface area contributed by atoms with E-state index in [9.17, 15) is 21.4 Å². The number of allylic oxidation sites excluding steroid dienone is 4. The van der Waals surface area contributed by atoms with E-state index in [2.05, 4.69) is 0 Å². The second-order valence-corrected chi connectivity index (χ2v) is 13.7. The molecule has 0 unspecified atom stereocenters. The number of nitrogens with zero attached hydrogens (tertiary/aromatic N) is 1. The normalized spacial score (nSPS) is 15.1. The molecule has 2 heterocycles. The number of hydrogen-bond acceptors (Lipinski definition) is 8. The summed E-state index contributed by atoms with van der Waals surface area (Å²) in [6.45, 7) is 0.426. The Kier molecular flexibility index (Phi) is 11.9. The molecule has 0 amide bonds. The molecule has 38 heavy (non-hydrogen) atoms. The maximum absolute atomic E-state index is 11.1. The number of anilines is 1. The minimum atomic E-state index is -4.26. The Morgan fingerprint density at radius 1 is 0.921 bits per heavy atom. The summed E-state index contributed by atoms with van der Waals surface area (Å²) < 4.78 is 65.6. The molecular formula is C26H26KNO6S4. The fourth-order valence-electron chi connectivity index (χ4n) is 4.09. The summed E-state index contributed by atoms with van der Waals surface area (Å²) in [5.41, 5.74) is 2.05. The van der Waals surface area contributed by atoms with Crippen LogP contribution in [0.25, 0.3) is 16.2 Å². The Morgan fingerprint density at radius 3 is 2.42 bits per heavy atom. The fourth-order valence-corrected chi connectivity index (χ4v) is 7.35. The average molecular weight is 616 g/mol. The molecule has 0 aliphatic carbocycles. The zero-order valence-electron chi connectivity index (χ0n) is 20.8. The van der Waals surface area contributed by atoms with Gasteiger partial charge >= 0.3 is 51.4 Å². The molecule has 4 rings (SSSR count). The molecule has 1 N–H and O–H groups in total. The minimum absolute atomic E-state index is 0. The predicted octanol–water partition coefficient (Wildman–Crippen LogP) is 2.68. The molecule has 196 valence electrons.